The van der Waals surface area contributed by atoms with Gasteiger partial charge in [-0.25, -0.2) is 4.98 Å². The highest BCUT2D eigenvalue weighted by atomic mass is 32.1. The van der Waals surface area contributed by atoms with Crippen molar-refractivity contribution >= 4 is 43.5 Å². The Hall–Kier alpha value is -5.06. The van der Waals surface area contributed by atoms with E-state index in [2.05, 4.69) is 97.1 Å². The molecule has 5 aromatic carbocycles. The smallest absolute Gasteiger partial charge is 0.143 e. The van der Waals surface area contributed by atoms with Crippen LogP contribution in [0.1, 0.15) is 0 Å². The summed E-state index contributed by atoms with van der Waals surface area (Å²) in [7, 11) is 0. The summed E-state index contributed by atoms with van der Waals surface area (Å²) in [4.78, 5) is 9.73. The Morgan fingerprint density at radius 1 is 0.575 bits per heavy atom. The molecule has 0 saturated carbocycles. The number of hydrogen-bond acceptors (Lipinski definition) is 4. The van der Waals surface area contributed by atoms with Gasteiger partial charge in [0.2, 0.25) is 0 Å². The van der Waals surface area contributed by atoms with Gasteiger partial charge in [0, 0.05) is 33.7 Å². The maximum Gasteiger partial charge on any atom is 0.143 e. The maximum absolute atomic E-state index is 6.58. The summed E-state index contributed by atoms with van der Waals surface area (Å²) in [5.74, 6) is 0. The third-order valence-electron chi connectivity index (χ3n) is 7.37. The predicted molar refractivity (Wildman–Crippen MR) is 166 cm³/mol. The predicted octanol–water partition coefficient (Wildman–Crippen LogP) is 10.3. The molecular weight excluding hydrogens is 508 g/mol. The molecule has 0 aliphatic carbocycles. The Morgan fingerprint density at radius 2 is 1.35 bits per heavy atom. The van der Waals surface area contributed by atoms with Crippen LogP contribution in [0.15, 0.2) is 138 Å². The molecule has 0 bridgehead atoms. The van der Waals surface area contributed by atoms with Gasteiger partial charge < -0.3 is 4.42 Å². The number of furan rings is 1. The number of benzene rings is 5. The molecule has 0 amide bonds. The average Bonchev–Trinajstić information content (AvgIpc) is 3.63. The van der Waals surface area contributed by atoms with Crippen LogP contribution in [0.2, 0.25) is 0 Å². The van der Waals surface area contributed by atoms with Crippen molar-refractivity contribution in [2.45, 2.75) is 0 Å². The number of thiazole rings is 1. The minimum atomic E-state index is 0.854. The largest absolute Gasteiger partial charge is 0.455 e. The van der Waals surface area contributed by atoms with E-state index in [1.807, 2.05) is 36.5 Å². The number of aromatic nitrogens is 2. The van der Waals surface area contributed by atoms with Crippen molar-refractivity contribution < 1.29 is 4.42 Å². The highest BCUT2D eigenvalue weighted by Crippen LogP contribution is 2.42. The second-order valence-corrected chi connectivity index (χ2v) is 10.9. The molecule has 0 unspecified atom stereocenters. The van der Waals surface area contributed by atoms with E-state index in [9.17, 15) is 0 Å². The normalized spacial score (nSPS) is 11.5. The molecule has 188 valence electrons. The first kappa shape index (κ1) is 22.9. The number of nitrogens with zero attached hydrogens (tertiary/aromatic N) is 2. The van der Waals surface area contributed by atoms with E-state index in [1.165, 1.54) is 10.3 Å². The number of para-hydroxylation sites is 1. The highest BCUT2D eigenvalue weighted by Gasteiger charge is 2.18. The van der Waals surface area contributed by atoms with E-state index in [0.29, 0.717) is 0 Å². The standard InChI is InChI=1S/C36H22N2OS/c1-3-10-23(11-4-1)26-20-28(24-12-5-2-6-13-24)35-29(21-26)34-27(14-9-16-32(34)39-35)30-19-18-25(22-37-30)36-38-31-15-7-8-17-33(31)40-36/h1-22H. The lowest BCUT2D eigenvalue weighted by Crippen LogP contribution is -1.87. The fourth-order valence-electron chi connectivity index (χ4n) is 5.45. The zero-order valence-corrected chi connectivity index (χ0v) is 22.2. The minimum absolute atomic E-state index is 0.854. The van der Waals surface area contributed by atoms with E-state index in [0.717, 1.165) is 66.0 Å². The molecule has 0 aliphatic rings. The minimum Gasteiger partial charge on any atom is -0.455 e. The lowest BCUT2D eigenvalue weighted by atomic mass is 9.94. The molecule has 8 rings (SSSR count). The van der Waals surface area contributed by atoms with Crippen molar-refractivity contribution in [1.82, 2.24) is 9.97 Å². The van der Waals surface area contributed by atoms with Gasteiger partial charge in [0.05, 0.1) is 15.9 Å². The molecule has 0 fully saturated rings. The van der Waals surface area contributed by atoms with Crippen molar-refractivity contribution in [3.8, 4) is 44.1 Å². The lowest BCUT2D eigenvalue weighted by molar-refractivity contribution is 0.670. The first-order valence-electron chi connectivity index (χ1n) is 13.2. The van der Waals surface area contributed by atoms with Crippen LogP contribution in [0, 0.1) is 0 Å². The maximum atomic E-state index is 6.58. The van der Waals surface area contributed by atoms with Gasteiger partial charge in [0.1, 0.15) is 16.2 Å². The molecule has 0 saturated heterocycles. The molecular formula is C36H22N2OS. The third-order valence-corrected chi connectivity index (χ3v) is 8.45. The van der Waals surface area contributed by atoms with Crippen molar-refractivity contribution in [1.29, 1.82) is 0 Å². The number of rotatable bonds is 4. The van der Waals surface area contributed by atoms with Crippen molar-refractivity contribution in [2.24, 2.45) is 0 Å². The second-order valence-electron chi connectivity index (χ2n) is 9.83. The number of fused-ring (bicyclic) bond motifs is 4. The Bertz CT molecular complexity index is 2110. The molecule has 40 heavy (non-hydrogen) atoms. The topological polar surface area (TPSA) is 38.9 Å². The quantitative estimate of drug-likeness (QED) is 0.227. The zero-order chi connectivity index (χ0) is 26.5. The lowest BCUT2D eigenvalue weighted by Gasteiger charge is -2.09. The van der Waals surface area contributed by atoms with Crippen molar-refractivity contribution in [3.63, 3.8) is 0 Å². The first-order chi connectivity index (χ1) is 19.8. The van der Waals surface area contributed by atoms with Crippen LogP contribution in [0.4, 0.5) is 0 Å². The summed E-state index contributed by atoms with van der Waals surface area (Å²) < 4.78 is 7.76. The van der Waals surface area contributed by atoms with Crippen LogP contribution in [-0.2, 0) is 0 Å². The van der Waals surface area contributed by atoms with Gasteiger partial charge in [0.25, 0.3) is 0 Å². The van der Waals surface area contributed by atoms with Crippen molar-refractivity contribution in [3.05, 3.63) is 134 Å². The summed E-state index contributed by atoms with van der Waals surface area (Å²) in [6, 6.07) is 44.1. The summed E-state index contributed by atoms with van der Waals surface area (Å²) in [5, 5.41) is 3.14. The van der Waals surface area contributed by atoms with Crippen LogP contribution in [-0.4, -0.2) is 9.97 Å². The summed E-state index contributed by atoms with van der Waals surface area (Å²) in [5.41, 5.74) is 10.3. The molecule has 0 aliphatic heterocycles. The van der Waals surface area contributed by atoms with E-state index < -0.39 is 0 Å². The molecule has 4 heteroatoms. The van der Waals surface area contributed by atoms with Gasteiger partial charge >= 0.3 is 0 Å². The molecule has 3 nitrogen and oxygen atoms in total. The van der Waals surface area contributed by atoms with E-state index >= 15 is 0 Å². The van der Waals surface area contributed by atoms with Crippen LogP contribution in [0.5, 0.6) is 0 Å². The fraction of sp³-hybridized carbons (Fsp3) is 0. The Balaban J connectivity index is 1.32. The van der Waals surface area contributed by atoms with Crippen molar-refractivity contribution in [2.75, 3.05) is 0 Å². The molecule has 8 aromatic rings. The number of hydrogen-bond donors (Lipinski definition) is 0. The monoisotopic (exact) mass is 530 g/mol. The Labute approximate surface area is 235 Å². The first-order valence-corrected chi connectivity index (χ1v) is 14.1. The van der Waals surface area contributed by atoms with E-state index in [4.69, 9.17) is 14.4 Å². The third kappa shape index (κ3) is 3.81. The molecule has 3 heterocycles. The van der Waals surface area contributed by atoms with Crippen LogP contribution >= 0.6 is 11.3 Å². The summed E-state index contributed by atoms with van der Waals surface area (Å²) in [6.07, 6.45) is 1.93. The van der Waals surface area contributed by atoms with Gasteiger partial charge in [-0.15, -0.1) is 11.3 Å². The zero-order valence-electron chi connectivity index (χ0n) is 21.4. The van der Waals surface area contributed by atoms with Crippen LogP contribution in [0.3, 0.4) is 0 Å². The SMILES string of the molecule is c1ccc(-c2cc(-c3ccccc3)c3oc4cccc(-c5ccc(-c6nc7ccccc7s6)cn5)c4c3c2)cc1. The average molecular weight is 531 g/mol. The Morgan fingerprint density at radius 3 is 2.12 bits per heavy atom. The summed E-state index contributed by atoms with van der Waals surface area (Å²) in [6.45, 7) is 0. The molecule has 0 atom stereocenters. The molecule has 3 aromatic heterocycles. The van der Waals surface area contributed by atoms with Gasteiger partial charge in [-0.3, -0.25) is 4.98 Å². The molecule has 0 spiro atoms. The van der Waals surface area contributed by atoms with Gasteiger partial charge in [-0.2, -0.15) is 0 Å². The fourth-order valence-corrected chi connectivity index (χ4v) is 6.40. The number of pyridine rings is 1. The Kier molecular flexibility index (Phi) is 5.32. The van der Waals surface area contributed by atoms with Gasteiger partial charge in [-0.05, 0) is 59.2 Å². The van der Waals surface area contributed by atoms with Crippen LogP contribution < -0.4 is 0 Å². The van der Waals surface area contributed by atoms with E-state index in [1.54, 1.807) is 11.3 Å². The van der Waals surface area contributed by atoms with Gasteiger partial charge in [0.15, 0.2) is 0 Å². The second kappa shape index (κ2) is 9.30. The summed E-state index contributed by atoms with van der Waals surface area (Å²) >= 11 is 1.69. The van der Waals surface area contributed by atoms with E-state index in [-0.39, 0.29) is 0 Å². The van der Waals surface area contributed by atoms with Gasteiger partial charge in [-0.1, -0.05) is 84.9 Å². The molecule has 0 radical (unpaired) electrons. The molecule has 0 N–H and O–H groups in total. The highest BCUT2D eigenvalue weighted by molar-refractivity contribution is 7.21. The van der Waals surface area contributed by atoms with Crippen LogP contribution in [0.25, 0.3) is 76.2 Å².